The monoisotopic (exact) mass is 362 g/mol. The molecule has 2 saturated heterocycles. The van der Waals surface area contributed by atoms with Gasteiger partial charge in [0.1, 0.15) is 18.8 Å². The summed E-state index contributed by atoms with van der Waals surface area (Å²) in [5.41, 5.74) is 0. The van der Waals surface area contributed by atoms with Gasteiger partial charge in [-0.2, -0.15) is 0 Å². The first-order valence-corrected chi connectivity index (χ1v) is 9.43. The van der Waals surface area contributed by atoms with Gasteiger partial charge in [0.15, 0.2) is 11.5 Å². The predicted octanol–water partition coefficient (Wildman–Crippen LogP) is 2.67. The third-order valence-electron chi connectivity index (χ3n) is 3.10. The van der Waals surface area contributed by atoms with E-state index >= 15 is 0 Å². The van der Waals surface area contributed by atoms with E-state index in [2.05, 4.69) is 0 Å². The zero-order valence-electron chi connectivity index (χ0n) is 13.7. The topological polar surface area (TPSA) is 71.1 Å². The highest BCUT2D eigenvalue weighted by Crippen LogP contribution is 2.42. The Kier molecular flexibility index (Phi) is 6.41. The summed E-state index contributed by atoms with van der Waals surface area (Å²) >= 11 is 3.30. The standard InChI is InChI=1S/C15H22O6S2/c1-9(16)18-8-11-12(21-15(3,4)20-11)13(19-10(2)17)14-22-6-5-7-23-14/h11-12H,5-8H2,1-4H3/t11-,12-/m1/s1. The molecular formula is C15H22O6S2. The number of hydrogen-bond acceptors (Lipinski definition) is 8. The second kappa shape index (κ2) is 7.92. The molecular weight excluding hydrogens is 340 g/mol. The van der Waals surface area contributed by atoms with Gasteiger partial charge in [-0.05, 0) is 31.8 Å². The van der Waals surface area contributed by atoms with Crippen molar-refractivity contribution in [2.24, 2.45) is 0 Å². The maximum Gasteiger partial charge on any atom is 0.307 e. The molecule has 0 aliphatic carbocycles. The first-order chi connectivity index (χ1) is 10.8. The number of carbonyl (C=O) groups excluding carboxylic acids is 2. The Hall–Kier alpha value is -0.700. The summed E-state index contributed by atoms with van der Waals surface area (Å²) in [5, 5.41) is 0. The van der Waals surface area contributed by atoms with Gasteiger partial charge < -0.3 is 18.9 Å². The van der Waals surface area contributed by atoms with Gasteiger partial charge in [-0.15, -0.1) is 23.5 Å². The summed E-state index contributed by atoms with van der Waals surface area (Å²) in [7, 11) is 0. The molecule has 2 fully saturated rings. The van der Waals surface area contributed by atoms with Gasteiger partial charge in [0.2, 0.25) is 0 Å². The number of rotatable bonds is 4. The van der Waals surface area contributed by atoms with E-state index in [9.17, 15) is 9.59 Å². The first kappa shape index (κ1) is 18.6. The maximum absolute atomic E-state index is 11.5. The summed E-state index contributed by atoms with van der Waals surface area (Å²) in [6.45, 7) is 6.32. The molecule has 0 aromatic carbocycles. The van der Waals surface area contributed by atoms with E-state index in [1.165, 1.54) is 13.8 Å². The highest BCUT2D eigenvalue weighted by molar-refractivity contribution is 8.22. The van der Waals surface area contributed by atoms with Crippen LogP contribution < -0.4 is 0 Å². The van der Waals surface area contributed by atoms with E-state index in [-0.39, 0.29) is 12.6 Å². The molecule has 2 rings (SSSR count). The molecule has 0 N–H and O–H groups in total. The highest BCUT2D eigenvalue weighted by Gasteiger charge is 2.46. The van der Waals surface area contributed by atoms with Crippen LogP contribution in [0.5, 0.6) is 0 Å². The molecule has 2 atom stereocenters. The Morgan fingerprint density at radius 1 is 1.17 bits per heavy atom. The van der Waals surface area contributed by atoms with Gasteiger partial charge in [-0.25, -0.2) is 0 Å². The summed E-state index contributed by atoms with van der Waals surface area (Å²) in [5.74, 6) is 0.775. The van der Waals surface area contributed by atoms with Gasteiger partial charge in [0.05, 0.1) is 4.24 Å². The fraction of sp³-hybridized carbons (Fsp3) is 0.733. The second-order valence-electron chi connectivity index (χ2n) is 5.69. The van der Waals surface area contributed by atoms with Crippen molar-refractivity contribution in [1.82, 2.24) is 0 Å². The fourth-order valence-electron chi connectivity index (χ4n) is 2.32. The Labute approximate surface area is 144 Å². The minimum absolute atomic E-state index is 0.0524. The van der Waals surface area contributed by atoms with Gasteiger partial charge in [-0.1, -0.05) is 0 Å². The van der Waals surface area contributed by atoms with Gasteiger partial charge >= 0.3 is 11.9 Å². The molecule has 0 aromatic rings. The SMILES string of the molecule is CC(=O)OC[C@H]1OC(C)(C)O[C@H]1C(OC(C)=O)=C1SCCCS1. The Bertz CT molecular complexity index is 494. The van der Waals surface area contributed by atoms with E-state index in [1.54, 1.807) is 37.4 Å². The number of ether oxygens (including phenoxy) is 4. The Balaban J connectivity index is 2.26. The highest BCUT2D eigenvalue weighted by atomic mass is 32.2. The maximum atomic E-state index is 11.5. The van der Waals surface area contributed by atoms with Crippen molar-refractivity contribution < 1.29 is 28.5 Å². The van der Waals surface area contributed by atoms with Crippen molar-refractivity contribution in [1.29, 1.82) is 0 Å². The number of esters is 2. The average Bonchev–Trinajstić information content (AvgIpc) is 2.78. The third-order valence-corrected chi connectivity index (χ3v) is 5.72. The Morgan fingerprint density at radius 3 is 2.39 bits per heavy atom. The first-order valence-electron chi connectivity index (χ1n) is 7.45. The molecule has 0 spiro atoms. The normalized spacial score (nSPS) is 26.7. The van der Waals surface area contributed by atoms with Gasteiger partial charge in [0.25, 0.3) is 0 Å². The van der Waals surface area contributed by atoms with E-state index in [4.69, 9.17) is 18.9 Å². The van der Waals surface area contributed by atoms with Crippen LogP contribution in [0.4, 0.5) is 0 Å². The van der Waals surface area contributed by atoms with E-state index in [0.717, 1.165) is 22.2 Å². The number of hydrogen-bond donors (Lipinski definition) is 0. The zero-order chi connectivity index (χ0) is 17.0. The molecule has 130 valence electrons. The molecule has 0 bridgehead atoms. The van der Waals surface area contributed by atoms with Crippen LogP contribution in [0.3, 0.4) is 0 Å². The van der Waals surface area contributed by atoms with Crippen molar-refractivity contribution in [3.63, 3.8) is 0 Å². The summed E-state index contributed by atoms with van der Waals surface area (Å²) < 4.78 is 23.2. The molecule has 23 heavy (non-hydrogen) atoms. The van der Waals surface area contributed by atoms with Crippen molar-refractivity contribution >= 4 is 35.5 Å². The van der Waals surface area contributed by atoms with Crippen LogP contribution in [0.25, 0.3) is 0 Å². The molecule has 0 saturated carbocycles. The summed E-state index contributed by atoms with van der Waals surface area (Å²) in [4.78, 5) is 22.6. The molecule has 0 radical (unpaired) electrons. The molecule has 2 heterocycles. The summed E-state index contributed by atoms with van der Waals surface area (Å²) in [6, 6.07) is 0. The minimum atomic E-state index is -0.842. The van der Waals surface area contributed by atoms with E-state index in [0.29, 0.717) is 5.76 Å². The van der Waals surface area contributed by atoms with E-state index in [1.807, 2.05) is 0 Å². The largest absolute Gasteiger partial charge is 0.463 e. The third kappa shape index (κ3) is 5.41. The predicted molar refractivity (Wildman–Crippen MR) is 88.8 cm³/mol. The van der Waals surface area contributed by atoms with Crippen LogP contribution in [-0.2, 0) is 28.5 Å². The van der Waals surface area contributed by atoms with Crippen molar-refractivity contribution in [2.45, 2.75) is 52.1 Å². The minimum Gasteiger partial charge on any atom is -0.463 e. The van der Waals surface area contributed by atoms with Crippen LogP contribution in [-0.4, -0.2) is 48.0 Å². The van der Waals surface area contributed by atoms with Crippen molar-refractivity contribution in [2.75, 3.05) is 18.1 Å². The lowest BCUT2D eigenvalue weighted by Crippen LogP contribution is -2.32. The lowest BCUT2D eigenvalue weighted by Gasteiger charge is -2.23. The molecule has 2 aliphatic heterocycles. The second-order valence-corrected chi connectivity index (χ2v) is 8.16. The molecule has 0 amide bonds. The van der Waals surface area contributed by atoms with Crippen LogP contribution in [0, 0.1) is 0 Å². The molecule has 0 aromatic heterocycles. The molecule has 8 heteroatoms. The Morgan fingerprint density at radius 2 is 1.83 bits per heavy atom. The quantitative estimate of drug-likeness (QED) is 0.558. The van der Waals surface area contributed by atoms with E-state index < -0.39 is 24.0 Å². The van der Waals surface area contributed by atoms with Crippen LogP contribution in [0.2, 0.25) is 0 Å². The lowest BCUT2D eigenvalue weighted by atomic mass is 10.2. The van der Waals surface area contributed by atoms with Crippen LogP contribution in [0.15, 0.2) is 10.00 Å². The van der Waals surface area contributed by atoms with Gasteiger partial charge in [-0.3, -0.25) is 9.59 Å². The van der Waals surface area contributed by atoms with Crippen LogP contribution in [0.1, 0.15) is 34.1 Å². The van der Waals surface area contributed by atoms with Crippen molar-refractivity contribution in [3.8, 4) is 0 Å². The number of carbonyl (C=O) groups is 2. The fourth-order valence-corrected chi connectivity index (χ4v) is 4.89. The zero-order valence-corrected chi connectivity index (χ0v) is 15.4. The molecule has 0 unspecified atom stereocenters. The van der Waals surface area contributed by atoms with Gasteiger partial charge in [0, 0.05) is 13.8 Å². The summed E-state index contributed by atoms with van der Waals surface area (Å²) in [6.07, 6.45) is 0.0107. The number of thioether (sulfide) groups is 2. The van der Waals surface area contributed by atoms with Crippen molar-refractivity contribution in [3.05, 3.63) is 10.00 Å². The lowest BCUT2D eigenvalue weighted by molar-refractivity contribution is -0.159. The molecule has 6 nitrogen and oxygen atoms in total. The smallest absolute Gasteiger partial charge is 0.307 e. The van der Waals surface area contributed by atoms with Crippen LogP contribution >= 0.6 is 23.5 Å². The molecule has 2 aliphatic rings. The average molecular weight is 362 g/mol.